The lowest BCUT2D eigenvalue weighted by Crippen LogP contribution is -1.97. The van der Waals surface area contributed by atoms with Gasteiger partial charge in [-0.2, -0.15) is 0 Å². The molecule has 1 aromatic carbocycles. The monoisotopic (exact) mass is 254 g/mol. The summed E-state index contributed by atoms with van der Waals surface area (Å²) < 4.78 is 0.557. The second-order valence-corrected chi connectivity index (χ2v) is 3.83. The van der Waals surface area contributed by atoms with Gasteiger partial charge in [-0.05, 0) is 35.0 Å². The van der Waals surface area contributed by atoms with Crippen LogP contribution in [0.2, 0.25) is 0 Å². The summed E-state index contributed by atoms with van der Waals surface area (Å²) in [6.45, 7) is 1.83. The van der Waals surface area contributed by atoms with Gasteiger partial charge in [0.25, 0.3) is 0 Å². The summed E-state index contributed by atoms with van der Waals surface area (Å²) in [5.41, 5.74) is 1.73. The third-order valence-electron chi connectivity index (χ3n) is 1.92. The van der Waals surface area contributed by atoms with Crippen LogP contribution < -0.4 is 0 Å². The smallest absolute Gasteiger partial charge is 0.336 e. The van der Waals surface area contributed by atoms with Crippen LogP contribution in [0.25, 0.3) is 11.0 Å². The van der Waals surface area contributed by atoms with E-state index in [1.807, 2.05) is 6.92 Å². The zero-order chi connectivity index (χ0) is 10.3. The number of benzene rings is 1. The predicted octanol–water partition coefficient (Wildman–Crippen LogP) is 2.33. The van der Waals surface area contributed by atoms with E-state index in [0.717, 1.165) is 11.3 Å². The second-order valence-electron chi connectivity index (χ2n) is 2.98. The van der Waals surface area contributed by atoms with Crippen molar-refractivity contribution in [1.29, 1.82) is 0 Å². The lowest BCUT2D eigenvalue weighted by atomic mass is 10.2. The fraction of sp³-hybridized carbons (Fsp3) is 0.111. The summed E-state index contributed by atoms with van der Waals surface area (Å²) in [6, 6.07) is 3.27. The number of carbonyl (C=O) groups is 1. The number of hydrogen-bond acceptors (Lipinski definition) is 2. The Morgan fingerprint density at radius 1 is 1.57 bits per heavy atom. The van der Waals surface area contributed by atoms with E-state index in [0.29, 0.717) is 9.99 Å². The summed E-state index contributed by atoms with van der Waals surface area (Å²) in [6.07, 6.45) is 0. The number of rotatable bonds is 1. The second kappa shape index (κ2) is 3.09. The summed E-state index contributed by atoms with van der Waals surface area (Å²) in [5, 5.41) is 8.86. The van der Waals surface area contributed by atoms with Gasteiger partial charge in [-0.15, -0.1) is 0 Å². The van der Waals surface area contributed by atoms with Crippen LogP contribution in [-0.4, -0.2) is 21.0 Å². The largest absolute Gasteiger partial charge is 0.478 e. The molecule has 2 rings (SSSR count). The Morgan fingerprint density at radius 3 is 2.93 bits per heavy atom. The molecule has 0 spiro atoms. The third kappa shape index (κ3) is 1.39. The van der Waals surface area contributed by atoms with Crippen molar-refractivity contribution in [3.05, 3.63) is 28.0 Å². The van der Waals surface area contributed by atoms with Crippen LogP contribution in [0.1, 0.15) is 16.2 Å². The SMILES string of the molecule is Cc1nc2cc(C(=O)O)c(Br)cc2[nH]1. The minimum atomic E-state index is -0.959. The number of aromatic carboxylic acids is 1. The predicted molar refractivity (Wildman–Crippen MR) is 55.5 cm³/mol. The number of fused-ring (bicyclic) bond motifs is 1. The van der Waals surface area contributed by atoms with Crippen LogP contribution in [-0.2, 0) is 0 Å². The van der Waals surface area contributed by atoms with Crippen molar-refractivity contribution in [2.24, 2.45) is 0 Å². The van der Waals surface area contributed by atoms with Crippen LogP contribution >= 0.6 is 15.9 Å². The first-order chi connectivity index (χ1) is 6.58. The van der Waals surface area contributed by atoms with E-state index in [9.17, 15) is 4.79 Å². The number of H-pyrrole nitrogens is 1. The number of carboxylic acid groups (broad SMARTS) is 1. The van der Waals surface area contributed by atoms with E-state index in [1.165, 1.54) is 0 Å². The van der Waals surface area contributed by atoms with Gasteiger partial charge < -0.3 is 10.1 Å². The molecule has 0 aliphatic rings. The fourth-order valence-electron chi connectivity index (χ4n) is 1.32. The molecule has 0 fully saturated rings. The van der Waals surface area contributed by atoms with Crippen molar-refractivity contribution in [3.63, 3.8) is 0 Å². The molecule has 0 saturated heterocycles. The first-order valence-corrected chi connectivity index (χ1v) is 4.76. The van der Waals surface area contributed by atoms with Crippen molar-refractivity contribution in [1.82, 2.24) is 9.97 Å². The van der Waals surface area contributed by atoms with Crippen molar-refractivity contribution >= 4 is 32.9 Å². The van der Waals surface area contributed by atoms with E-state index in [2.05, 4.69) is 25.9 Å². The Kier molecular flexibility index (Phi) is 2.03. The normalized spacial score (nSPS) is 10.7. The van der Waals surface area contributed by atoms with Gasteiger partial charge in [-0.25, -0.2) is 9.78 Å². The van der Waals surface area contributed by atoms with Crippen LogP contribution in [0.4, 0.5) is 0 Å². The minimum absolute atomic E-state index is 0.226. The highest BCUT2D eigenvalue weighted by Gasteiger charge is 2.11. The first-order valence-electron chi connectivity index (χ1n) is 3.97. The van der Waals surface area contributed by atoms with E-state index in [-0.39, 0.29) is 5.56 Å². The molecule has 1 heterocycles. The highest BCUT2D eigenvalue weighted by Crippen LogP contribution is 2.22. The number of aryl methyl sites for hydroxylation is 1. The maximum atomic E-state index is 10.8. The Labute approximate surface area is 88.1 Å². The quantitative estimate of drug-likeness (QED) is 0.821. The van der Waals surface area contributed by atoms with Gasteiger partial charge in [0, 0.05) is 4.47 Å². The molecular weight excluding hydrogens is 248 g/mol. The zero-order valence-corrected chi connectivity index (χ0v) is 8.92. The van der Waals surface area contributed by atoms with Gasteiger partial charge in [0.05, 0.1) is 16.6 Å². The number of aromatic amines is 1. The number of hydrogen-bond donors (Lipinski definition) is 2. The Morgan fingerprint density at radius 2 is 2.29 bits per heavy atom. The van der Waals surface area contributed by atoms with Crippen LogP contribution in [0, 0.1) is 6.92 Å². The van der Waals surface area contributed by atoms with Gasteiger partial charge >= 0.3 is 5.97 Å². The number of nitrogens with one attached hydrogen (secondary N) is 1. The number of nitrogens with zero attached hydrogens (tertiary/aromatic N) is 1. The molecule has 1 aromatic heterocycles. The van der Waals surface area contributed by atoms with Crippen molar-refractivity contribution in [2.75, 3.05) is 0 Å². The maximum Gasteiger partial charge on any atom is 0.336 e. The average Bonchev–Trinajstić information content (AvgIpc) is 2.42. The Bertz CT molecular complexity index is 519. The van der Waals surface area contributed by atoms with Crippen molar-refractivity contribution in [2.45, 2.75) is 6.92 Å². The molecule has 0 bridgehead atoms. The van der Waals surface area contributed by atoms with Crippen molar-refractivity contribution in [3.8, 4) is 0 Å². The number of carboxylic acids is 1. The van der Waals surface area contributed by atoms with E-state index < -0.39 is 5.97 Å². The molecule has 2 aromatic rings. The highest BCUT2D eigenvalue weighted by molar-refractivity contribution is 9.10. The fourth-order valence-corrected chi connectivity index (χ4v) is 1.83. The molecule has 5 heteroatoms. The molecule has 0 saturated carbocycles. The van der Waals surface area contributed by atoms with Crippen LogP contribution in [0.3, 0.4) is 0 Å². The van der Waals surface area contributed by atoms with Gasteiger partial charge in [-0.3, -0.25) is 0 Å². The summed E-state index contributed by atoms with van der Waals surface area (Å²) in [5.74, 6) is -0.186. The third-order valence-corrected chi connectivity index (χ3v) is 2.58. The van der Waals surface area contributed by atoms with Gasteiger partial charge in [-0.1, -0.05) is 0 Å². The minimum Gasteiger partial charge on any atom is -0.478 e. The van der Waals surface area contributed by atoms with E-state index >= 15 is 0 Å². The van der Waals surface area contributed by atoms with E-state index in [1.54, 1.807) is 12.1 Å². The molecule has 0 radical (unpaired) electrons. The highest BCUT2D eigenvalue weighted by atomic mass is 79.9. The van der Waals surface area contributed by atoms with Crippen LogP contribution in [0.5, 0.6) is 0 Å². The topological polar surface area (TPSA) is 66.0 Å². The molecule has 0 amide bonds. The van der Waals surface area contributed by atoms with Gasteiger partial charge in [0.2, 0.25) is 0 Å². The molecule has 0 aliphatic carbocycles. The number of imidazole rings is 1. The summed E-state index contributed by atoms with van der Waals surface area (Å²) >= 11 is 3.20. The Balaban J connectivity index is 2.76. The summed E-state index contributed by atoms with van der Waals surface area (Å²) in [7, 11) is 0. The summed E-state index contributed by atoms with van der Waals surface area (Å²) in [4.78, 5) is 18.0. The average molecular weight is 255 g/mol. The lowest BCUT2D eigenvalue weighted by Gasteiger charge is -1.97. The Hall–Kier alpha value is -1.36. The molecule has 0 atom stereocenters. The molecule has 0 unspecified atom stereocenters. The van der Waals surface area contributed by atoms with Gasteiger partial charge in [0.15, 0.2) is 0 Å². The number of halogens is 1. The number of aromatic nitrogens is 2. The van der Waals surface area contributed by atoms with Crippen LogP contribution in [0.15, 0.2) is 16.6 Å². The molecule has 0 aliphatic heterocycles. The molecule has 14 heavy (non-hydrogen) atoms. The zero-order valence-electron chi connectivity index (χ0n) is 7.34. The molecular formula is C9H7BrN2O2. The standard InChI is InChI=1S/C9H7BrN2O2/c1-4-11-7-2-5(9(13)14)6(10)3-8(7)12-4/h2-3H,1H3,(H,11,12)(H,13,14). The maximum absolute atomic E-state index is 10.8. The lowest BCUT2D eigenvalue weighted by molar-refractivity contribution is 0.0696. The van der Waals surface area contributed by atoms with E-state index in [4.69, 9.17) is 5.11 Å². The first kappa shape index (κ1) is 9.21. The molecule has 72 valence electrons. The van der Waals surface area contributed by atoms with Gasteiger partial charge in [0.1, 0.15) is 5.82 Å². The van der Waals surface area contributed by atoms with Crippen molar-refractivity contribution < 1.29 is 9.90 Å². The molecule has 4 nitrogen and oxygen atoms in total. The molecule has 2 N–H and O–H groups in total.